The van der Waals surface area contributed by atoms with Crippen LogP contribution in [-0.4, -0.2) is 43.3 Å². The molecule has 0 radical (unpaired) electrons. The molecule has 0 aliphatic heterocycles. The number of esters is 1. The summed E-state index contributed by atoms with van der Waals surface area (Å²) in [7, 11) is 4.14. The number of hydrogen-bond acceptors (Lipinski definition) is 3. The van der Waals surface area contributed by atoms with E-state index in [2.05, 4.69) is 57.4 Å². The van der Waals surface area contributed by atoms with Gasteiger partial charge in [0, 0.05) is 12.0 Å². The lowest BCUT2D eigenvalue weighted by atomic mass is 10.0. The summed E-state index contributed by atoms with van der Waals surface area (Å²) in [4.78, 5) is 12.7. The van der Waals surface area contributed by atoms with Gasteiger partial charge in [-0.05, 0) is 44.4 Å². The number of benzene rings is 2. The molecule has 0 saturated heterocycles. The number of likely N-dealkylation sites (N-methyl/N-ethyl adjacent to an activating group) is 1. The Bertz CT molecular complexity index is 847. The molecule has 0 heterocycles. The molecule has 4 heteroatoms. The van der Waals surface area contributed by atoms with Gasteiger partial charge in [-0.3, -0.25) is 0 Å². The van der Waals surface area contributed by atoms with Gasteiger partial charge in [0.15, 0.2) is 6.04 Å². The fourth-order valence-electron chi connectivity index (χ4n) is 4.41. The first-order valence-electron chi connectivity index (χ1n) is 14.1. The van der Waals surface area contributed by atoms with Gasteiger partial charge >= 0.3 is 5.97 Å². The second-order valence-electron chi connectivity index (χ2n) is 10.9. The number of unbranched alkanes of at least 4 members (excludes halogenated alkanes) is 7. The Kier molecular flexibility index (Phi) is 13.6. The van der Waals surface area contributed by atoms with Crippen LogP contribution in [0.25, 0.3) is 0 Å². The van der Waals surface area contributed by atoms with E-state index >= 15 is 0 Å². The highest BCUT2D eigenvalue weighted by atomic mass is 16.5. The number of ether oxygens (including phenoxy) is 2. The number of carbonyl (C=O) groups is 1. The lowest BCUT2D eigenvalue weighted by Gasteiger charge is -2.34. The summed E-state index contributed by atoms with van der Waals surface area (Å²) in [6.07, 6.45) is 12.6. The van der Waals surface area contributed by atoms with Gasteiger partial charge < -0.3 is 14.0 Å². The van der Waals surface area contributed by atoms with Crippen LogP contribution in [0, 0.1) is 0 Å². The first-order valence-corrected chi connectivity index (χ1v) is 14.1. The van der Waals surface area contributed by atoms with Crippen LogP contribution in [0.3, 0.4) is 0 Å². The monoisotopic (exact) mass is 496 g/mol. The first-order chi connectivity index (χ1) is 17.3. The van der Waals surface area contributed by atoms with Crippen molar-refractivity contribution in [2.75, 3.05) is 20.7 Å². The van der Waals surface area contributed by atoms with E-state index in [4.69, 9.17) is 9.47 Å². The van der Waals surface area contributed by atoms with Gasteiger partial charge in [0.2, 0.25) is 0 Å². The van der Waals surface area contributed by atoms with Crippen LogP contribution in [0.4, 0.5) is 0 Å². The van der Waals surface area contributed by atoms with Gasteiger partial charge in [0.25, 0.3) is 0 Å². The molecule has 0 amide bonds. The quantitative estimate of drug-likeness (QED) is 0.120. The Morgan fingerprint density at radius 3 is 2.06 bits per heavy atom. The zero-order chi connectivity index (χ0) is 26.2. The van der Waals surface area contributed by atoms with Gasteiger partial charge in [0.1, 0.15) is 12.3 Å². The lowest BCUT2D eigenvalue weighted by molar-refractivity contribution is -0.917. The Labute approximate surface area is 220 Å². The Morgan fingerprint density at radius 1 is 0.806 bits per heavy atom. The summed E-state index contributed by atoms with van der Waals surface area (Å²) in [5.41, 5.74) is 2.59. The van der Waals surface area contributed by atoms with Gasteiger partial charge in [-0.1, -0.05) is 94.3 Å². The zero-order valence-electron chi connectivity index (χ0n) is 23.5. The van der Waals surface area contributed by atoms with Gasteiger partial charge in [0.05, 0.1) is 26.8 Å². The van der Waals surface area contributed by atoms with Gasteiger partial charge in [-0.2, -0.15) is 0 Å². The lowest BCUT2D eigenvalue weighted by Crippen LogP contribution is -2.51. The molecule has 2 unspecified atom stereocenters. The predicted molar refractivity (Wildman–Crippen MR) is 150 cm³/mol. The van der Waals surface area contributed by atoms with Crippen LogP contribution in [0.15, 0.2) is 54.6 Å². The van der Waals surface area contributed by atoms with Crippen molar-refractivity contribution in [1.29, 1.82) is 0 Å². The SMILES string of the molecule is CCCCCCCCCCc1ccc(OC(C)CCOC(=O)C(C)[N+](C)(C)Cc2ccccc2)cc1. The summed E-state index contributed by atoms with van der Waals surface area (Å²) in [5.74, 6) is 0.718. The largest absolute Gasteiger partial charge is 0.491 e. The summed E-state index contributed by atoms with van der Waals surface area (Å²) in [6, 6.07) is 18.5. The van der Waals surface area contributed by atoms with E-state index in [0.29, 0.717) is 17.5 Å². The number of quaternary nitrogens is 1. The fraction of sp³-hybridized carbons (Fsp3) is 0.594. The molecule has 36 heavy (non-hydrogen) atoms. The molecule has 0 aromatic heterocycles. The maximum atomic E-state index is 12.7. The summed E-state index contributed by atoms with van der Waals surface area (Å²) >= 11 is 0. The summed E-state index contributed by atoms with van der Waals surface area (Å²) in [5, 5.41) is 0. The van der Waals surface area contributed by atoms with E-state index in [1.165, 1.54) is 62.5 Å². The second-order valence-corrected chi connectivity index (χ2v) is 10.9. The molecular weight excluding hydrogens is 446 g/mol. The molecule has 0 bridgehead atoms. The van der Waals surface area contributed by atoms with Crippen molar-refractivity contribution in [2.45, 2.75) is 104 Å². The van der Waals surface area contributed by atoms with Crippen molar-refractivity contribution in [1.82, 2.24) is 0 Å². The third kappa shape index (κ3) is 11.6. The molecule has 0 aliphatic carbocycles. The van der Waals surface area contributed by atoms with Crippen molar-refractivity contribution in [3.05, 3.63) is 65.7 Å². The highest BCUT2D eigenvalue weighted by Crippen LogP contribution is 2.18. The van der Waals surface area contributed by atoms with Crippen LogP contribution < -0.4 is 4.74 Å². The average Bonchev–Trinajstić information content (AvgIpc) is 2.86. The van der Waals surface area contributed by atoms with Crippen molar-refractivity contribution < 1.29 is 18.8 Å². The Morgan fingerprint density at radius 2 is 1.42 bits per heavy atom. The molecule has 0 aliphatic rings. The van der Waals surface area contributed by atoms with Crippen LogP contribution >= 0.6 is 0 Å². The number of carbonyl (C=O) groups excluding carboxylic acids is 1. The molecule has 0 fully saturated rings. The molecule has 0 spiro atoms. The number of rotatable bonds is 18. The summed E-state index contributed by atoms with van der Waals surface area (Å²) < 4.78 is 12.2. The van der Waals surface area contributed by atoms with E-state index in [-0.39, 0.29) is 18.1 Å². The van der Waals surface area contributed by atoms with Crippen LogP contribution in [-0.2, 0) is 22.5 Å². The minimum Gasteiger partial charge on any atom is -0.491 e. The molecule has 2 rings (SSSR count). The Balaban J connectivity index is 1.63. The van der Waals surface area contributed by atoms with E-state index in [1.54, 1.807) is 0 Å². The minimum atomic E-state index is -0.241. The van der Waals surface area contributed by atoms with Crippen molar-refractivity contribution in [3.8, 4) is 5.75 Å². The molecule has 0 saturated carbocycles. The highest BCUT2D eigenvalue weighted by Gasteiger charge is 2.32. The van der Waals surface area contributed by atoms with E-state index < -0.39 is 0 Å². The minimum absolute atomic E-state index is 0.0153. The van der Waals surface area contributed by atoms with Crippen molar-refractivity contribution in [3.63, 3.8) is 0 Å². The molecule has 2 aromatic carbocycles. The maximum Gasteiger partial charge on any atom is 0.364 e. The number of hydrogen-bond donors (Lipinski definition) is 0. The third-order valence-corrected chi connectivity index (χ3v) is 7.17. The third-order valence-electron chi connectivity index (χ3n) is 7.17. The molecule has 200 valence electrons. The van der Waals surface area contributed by atoms with Gasteiger partial charge in [-0.15, -0.1) is 0 Å². The highest BCUT2D eigenvalue weighted by molar-refractivity contribution is 5.74. The van der Waals surface area contributed by atoms with E-state index in [0.717, 1.165) is 18.7 Å². The molecule has 0 N–H and O–H groups in total. The van der Waals surface area contributed by atoms with Crippen molar-refractivity contribution in [2.24, 2.45) is 0 Å². The van der Waals surface area contributed by atoms with Crippen LogP contribution in [0.5, 0.6) is 5.75 Å². The number of aryl methyl sites for hydroxylation is 1. The molecule has 4 nitrogen and oxygen atoms in total. The number of nitrogens with zero attached hydrogens (tertiary/aromatic N) is 1. The predicted octanol–water partition coefficient (Wildman–Crippen LogP) is 7.74. The second kappa shape index (κ2) is 16.4. The zero-order valence-corrected chi connectivity index (χ0v) is 23.5. The van der Waals surface area contributed by atoms with Crippen LogP contribution in [0.2, 0.25) is 0 Å². The molecular formula is C32H50NO3+. The van der Waals surface area contributed by atoms with E-state index in [1.807, 2.05) is 32.0 Å². The first kappa shape index (κ1) is 29.9. The summed E-state index contributed by atoms with van der Waals surface area (Å²) in [6.45, 7) is 7.39. The van der Waals surface area contributed by atoms with E-state index in [9.17, 15) is 4.79 Å². The van der Waals surface area contributed by atoms with Crippen LogP contribution in [0.1, 0.15) is 89.7 Å². The fourth-order valence-corrected chi connectivity index (χ4v) is 4.41. The molecule has 2 aromatic rings. The molecule has 2 atom stereocenters. The average molecular weight is 497 g/mol. The van der Waals surface area contributed by atoms with Gasteiger partial charge in [-0.25, -0.2) is 4.79 Å². The topological polar surface area (TPSA) is 35.5 Å². The van der Waals surface area contributed by atoms with Crippen molar-refractivity contribution >= 4 is 5.97 Å². The maximum absolute atomic E-state index is 12.7. The standard InChI is InChI=1S/C32H50NO3/c1-6-7-8-9-10-11-12-14-17-29-20-22-31(23-21-29)36-27(2)24-25-35-32(34)28(3)33(4,5)26-30-18-15-13-16-19-30/h13,15-16,18-23,27-28H,6-12,14,17,24-26H2,1-5H3/q+1. The smallest absolute Gasteiger partial charge is 0.364 e. The Hall–Kier alpha value is -2.33. The normalized spacial score (nSPS) is 13.2.